The average molecular weight is 343 g/mol. The molecule has 0 saturated heterocycles. The van der Waals surface area contributed by atoms with Gasteiger partial charge in [0.2, 0.25) is 0 Å². The van der Waals surface area contributed by atoms with E-state index in [0.717, 1.165) is 18.9 Å². The van der Waals surface area contributed by atoms with Gasteiger partial charge in [-0.25, -0.2) is 0 Å². The maximum absolute atomic E-state index is 13.2. The number of benzene rings is 1. The van der Waals surface area contributed by atoms with Crippen molar-refractivity contribution in [2.24, 2.45) is 5.92 Å². The molecule has 1 aromatic rings. The van der Waals surface area contributed by atoms with Crippen LogP contribution in [-0.2, 0) is 11.0 Å². The minimum atomic E-state index is -4.36. The maximum Gasteiger partial charge on any atom is 0.416 e. The Morgan fingerprint density at radius 3 is 2.29 bits per heavy atom. The number of carbonyl (C=O) groups is 1. The average Bonchev–Trinajstić information content (AvgIpc) is 2.53. The van der Waals surface area contributed by atoms with Gasteiger partial charge in [-0.15, -0.1) is 0 Å². The standard InChI is InChI=1S/C18H24F3NO2/c1-11(15-5-3-4-6-16(15)18(19,20)21)12(2)22-14-9-7-13(8-10-14)17(23)24/h3-6,11-14,22H,7-10H2,1-2H3,(H,23,24). The van der Waals surface area contributed by atoms with Gasteiger partial charge in [0.25, 0.3) is 0 Å². The number of hydrogen-bond donors (Lipinski definition) is 2. The van der Waals surface area contributed by atoms with Crippen molar-refractivity contribution in [1.29, 1.82) is 0 Å². The van der Waals surface area contributed by atoms with Crippen LogP contribution in [0, 0.1) is 5.92 Å². The highest BCUT2D eigenvalue weighted by atomic mass is 19.4. The summed E-state index contributed by atoms with van der Waals surface area (Å²) in [5.74, 6) is -1.34. The summed E-state index contributed by atoms with van der Waals surface area (Å²) < 4.78 is 39.5. The first-order valence-corrected chi connectivity index (χ1v) is 8.35. The van der Waals surface area contributed by atoms with Crippen molar-refractivity contribution < 1.29 is 23.1 Å². The van der Waals surface area contributed by atoms with Gasteiger partial charge in [-0.2, -0.15) is 13.2 Å². The second-order valence-electron chi connectivity index (χ2n) is 6.72. The summed E-state index contributed by atoms with van der Waals surface area (Å²) in [6.07, 6.45) is -1.63. The summed E-state index contributed by atoms with van der Waals surface area (Å²) in [4.78, 5) is 11.0. The molecule has 134 valence electrons. The number of carboxylic acid groups (broad SMARTS) is 1. The topological polar surface area (TPSA) is 49.3 Å². The van der Waals surface area contributed by atoms with Crippen LogP contribution in [0.25, 0.3) is 0 Å². The molecule has 1 aromatic carbocycles. The first kappa shape index (κ1) is 18.8. The van der Waals surface area contributed by atoms with Crippen LogP contribution in [0.4, 0.5) is 13.2 Å². The fraction of sp³-hybridized carbons (Fsp3) is 0.611. The van der Waals surface area contributed by atoms with E-state index in [9.17, 15) is 18.0 Å². The zero-order valence-electron chi connectivity index (χ0n) is 13.9. The molecule has 3 nitrogen and oxygen atoms in total. The summed E-state index contributed by atoms with van der Waals surface area (Å²) in [6, 6.07) is 5.73. The molecule has 0 heterocycles. The Morgan fingerprint density at radius 2 is 1.75 bits per heavy atom. The predicted octanol–water partition coefficient (Wildman–Crippen LogP) is 4.43. The van der Waals surface area contributed by atoms with Crippen LogP contribution in [-0.4, -0.2) is 23.2 Å². The first-order valence-electron chi connectivity index (χ1n) is 8.35. The van der Waals surface area contributed by atoms with Gasteiger partial charge in [-0.05, 0) is 50.2 Å². The van der Waals surface area contributed by atoms with Gasteiger partial charge in [-0.3, -0.25) is 4.79 Å². The van der Waals surface area contributed by atoms with Gasteiger partial charge in [0, 0.05) is 12.1 Å². The van der Waals surface area contributed by atoms with E-state index in [0.29, 0.717) is 18.4 Å². The lowest BCUT2D eigenvalue weighted by Gasteiger charge is -2.32. The van der Waals surface area contributed by atoms with Gasteiger partial charge in [0.15, 0.2) is 0 Å². The highest BCUT2D eigenvalue weighted by molar-refractivity contribution is 5.70. The SMILES string of the molecule is CC(NC1CCC(C(=O)O)CC1)C(C)c1ccccc1C(F)(F)F. The summed E-state index contributed by atoms with van der Waals surface area (Å²) in [7, 11) is 0. The lowest BCUT2D eigenvalue weighted by atomic mass is 9.84. The number of rotatable bonds is 5. The molecule has 2 rings (SSSR count). The minimum absolute atomic E-state index is 0.125. The van der Waals surface area contributed by atoms with Crippen LogP contribution in [0.5, 0.6) is 0 Å². The van der Waals surface area contributed by atoms with E-state index >= 15 is 0 Å². The summed E-state index contributed by atoms with van der Waals surface area (Å²) >= 11 is 0. The van der Waals surface area contributed by atoms with Crippen LogP contribution < -0.4 is 5.32 Å². The number of nitrogens with one attached hydrogen (secondary N) is 1. The zero-order valence-corrected chi connectivity index (χ0v) is 13.9. The fourth-order valence-corrected chi connectivity index (χ4v) is 3.44. The molecule has 0 amide bonds. The van der Waals surface area contributed by atoms with Crippen molar-refractivity contribution >= 4 is 5.97 Å². The molecule has 0 bridgehead atoms. The second kappa shape index (κ2) is 7.55. The van der Waals surface area contributed by atoms with Crippen LogP contribution in [0.3, 0.4) is 0 Å². The third-order valence-corrected chi connectivity index (χ3v) is 5.08. The van der Waals surface area contributed by atoms with Crippen LogP contribution in [0.1, 0.15) is 56.6 Å². The molecule has 0 spiro atoms. The molecular formula is C18H24F3NO2. The van der Waals surface area contributed by atoms with Crippen molar-refractivity contribution in [3.05, 3.63) is 35.4 Å². The molecule has 2 atom stereocenters. The zero-order chi connectivity index (χ0) is 17.9. The van der Waals surface area contributed by atoms with Crippen molar-refractivity contribution in [3.63, 3.8) is 0 Å². The van der Waals surface area contributed by atoms with Crippen molar-refractivity contribution in [2.45, 2.75) is 63.7 Å². The monoisotopic (exact) mass is 343 g/mol. The van der Waals surface area contributed by atoms with E-state index in [4.69, 9.17) is 5.11 Å². The lowest BCUT2D eigenvalue weighted by molar-refractivity contribution is -0.143. The Kier molecular flexibility index (Phi) is 5.91. The third-order valence-electron chi connectivity index (χ3n) is 5.08. The summed E-state index contributed by atoms with van der Waals surface area (Å²) in [5.41, 5.74) is -0.287. The molecule has 1 saturated carbocycles. The number of halogens is 3. The number of hydrogen-bond acceptors (Lipinski definition) is 2. The molecule has 1 fully saturated rings. The fourth-order valence-electron chi connectivity index (χ4n) is 3.44. The first-order chi connectivity index (χ1) is 11.2. The molecular weight excluding hydrogens is 319 g/mol. The van der Waals surface area contributed by atoms with Gasteiger partial charge >= 0.3 is 12.1 Å². The molecule has 2 unspecified atom stereocenters. The largest absolute Gasteiger partial charge is 0.481 e. The van der Waals surface area contributed by atoms with E-state index < -0.39 is 17.7 Å². The molecule has 0 aliphatic heterocycles. The molecule has 0 aromatic heterocycles. The third kappa shape index (κ3) is 4.50. The van der Waals surface area contributed by atoms with Gasteiger partial charge in [0.1, 0.15) is 0 Å². The lowest BCUT2D eigenvalue weighted by Crippen LogP contribution is -2.42. The van der Waals surface area contributed by atoms with Crippen molar-refractivity contribution in [2.75, 3.05) is 0 Å². The van der Waals surface area contributed by atoms with Crippen LogP contribution in [0.15, 0.2) is 24.3 Å². The normalized spacial score (nSPS) is 24.4. The molecule has 1 aliphatic rings. The van der Waals surface area contributed by atoms with Gasteiger partial charge < -0.3 is 10.4 Å². The molecule has 0 radical (unpaired) electrons. The van der Waals surface area contributed by atoms with Gasteiger partial charge in [-0.1, -0.05) is 25.1 Å². The predicted molar refractivity (Wildman–Crippen MR) is 85.8 cm³/mol. The number of aliphatic carboxylic acids is 1. The van der Waals surface area contributed by atoms with Gasteiger partial charge in [0.05, 0.1) is 11.5 Å². The Morgan fingerprint density at radius 1 is 1.17 bits per heavy atom. The summed E-state index contributed by atoms with van der Waals surface area (Å²) in [6.45, 7) is 3.69. The maximum atomic E-state index is 13.2. The smallest absolute Gasteiger partial charge is 0.416 e. The Hall–Kier alpha value is -1.56. The Bertz CT molecular complexity index is 566. The molecule has 2 N–H and O–H groups in total. The van der Waals surface area contributed by atoms with E-state index in [1.165, 1.54) is 12.1 Å². The van der Waals surface area contributed by atoms with Crippen molar-refractivity contribution in [3.8, 4) is 0 Å². The minimum Gasteiger partial charge on any atom is -0.481 e. The molecule has 24 heavy (non-hydrogen) atoms. The van der Waals surface area contributed by atoms with E-state index in [1.54, 1.807) is 13.0 Å². The molecule has 1 aliphatic carbocycles. The van der Waals surface area contributed by atoms with E-state index in [1.807, 2.05) is 6.92 Å². The highest BCUT2D eigenvalue weighted by Gasteiger charge is 2.35. The Balaban J connectivity index is 2.01. The van der Waals surface area contributed by atoms with E-state index in [2.05, 4.69) is 5.32 Å². The quantitative estimate of drug-likeness (QED) is 0.831. The second-order valence-corrected chi connectivity index (χ2v) is 6.72. The van der Waals surface area contributed by atoms with Crippen LogP contribution >= 0.6 is 0 Å². The van der Waals surface area contributed by atoms with E-state index in [-0.39, 0.29) is 23.9 Å². The highest BCUT2D eigenvalue weighted by Crippen LogP contribution is 2.36. The van der Waals surface area contributed by atoms with Crippen molar-refractivity contribution in [1.82, 2.24) is 5.32 Å². The number of carboxylic acids is 1. The number of alkyl halides is 3. The Labute approximate surface area is 140 Å². The van der Waals surface area contributed by atoms with Crippen LogP contribution in [0.2, 0.25) is 0 Å². The molecule has 6 heteroatoms. The summed E-state index contributed by atoms with van der Waals surface area (Å²) in [5, 5.41) is 12.4.